The van der Waals surface area contributed by atoms with E-state index in [1.807, 2.05) is 6.92 Å². The summed E-state index contributed by atoms with van der Waals surface area (Å²) in [7, 11) is 0. The van der Waals surface area contributed by atoms with Gasteiger partial charge in [-0.3, -0.25) is 14.5 Å². The van der Waals surface area contributed by atoms with Crippen LogP contribution in [0.3, 0.4) is 0 Å². The van der Waals surface area contributed by atoms with Crippen molar-refractivity contribution >= 4 is 23.7 Å². The number of carbonyl (C=O) groups excluding carboxylic acids is 3. The van der Waals surface area contributed by atoms with Crippen LogP contribution in [0.4, 0.5) is 10.6 Å². The van der Waals surface area contributed by atoms with Gasteiger partial charge in [-0.25, -0.2) is 4.79 Å². The van der Waals surface area contributed by atoms with Gasteiger partial charge in [-0.2, -0.15) is 0 Å². The van der Waals surface area contributed by atoms with Gasteiger partial charge in [0, 0.05) is 19.0 Å². The molecule has 1 saturated carbocycles. The Balaban J connectivity index is 1.60. The zero-order valence-corrected chi connectivity index (χ0v) is 13.9. The summed E-state index contributed by atoms with van der Waals surface area (Å²) in [5.74, 6) is 0.505. The SMILES string of the molecule is Cc1cc(NC(=O)CCN2C(=O)N[C@@]3(CCCC[C@H]3C)C2=O)no1. The lowest BCUT2D eigenvalue weighted by molar-refractivity contribution is -0.134. The maximum atomic E-state index is 12.8. The number of anilines is 1. The predicted molar refractivity (Wildman–Crippen MR) is 85.1 cm³/mol. The average Bonchev–Trinajstić information content (AvgIpc) is 3.03. The van der Waals surface area contributed by atoms with Crippen molar-refractivity contribution in [2.24, 2.45) is 5.92 Å². The van der Waals surface area contributed by atoms with Crippen LogP contribution in [0.2, 0.25) is 0 Å². The Morgan fingerprint density at radius 3 is 2.96 bits per heavy atom. The minimum atomic E-state index is -0.783. The molecule has 1 aromatic heterocycles. The van der Waals surface area contributed by atoms with Crippen molar-refractivity contribution in [1.29, 1.82) is 0 Å². The second-order valence-electron chi connectivity index (χ2n) is 6.63. The zero-order chi connectivity index (χ0) is 17.3. The first-order valence-electron chi connectivity index (χ1n) is 8.29. The first-order valence-corrected chi connectivity index (χ1v) is 8.29. The van der Waals surface area contributed by atoms with E-state index in [1.54, 1.807) is 13.0 Å². The lowest BCUT2D eigenvalue weighted by atomic mass is 9.73. The first-order chi connectivity index (χ1) is 11.4. The van der Waals surface area contributed by atoms with Crippen molar-refractivity contribution < 1.29 is 18.9 Å². The highest BCUT2D eigenvalue weighted by atomic mass is 16.5. The number of rotatable bonds is 4. The van der Waals surface area contributed by atoms with E-state index in [4.69, 9.17) is 4.52 Å². The molecule has 0 radical (unpaired) electrons. The van der Waals surface area contributed by atoms with Crippen LogP contribution >= 0.6 is 0 Å². The quantitative estimate of drug-likeness (QED) is 0.817. The third kappa shape index (κ3) is 2.88. The van der Waals surface area contributed by atoms with E-state index in [0.717, 1.165) is 24.2 Å². The van der Waals surface area contributed by atoms with Gasteiger partial charge in [0.25, 0.3) is 5.91 Å². The monoisotopic (exact) mass is 334 g/mol. The average molecular weight is 334 g/mol. The van der Waals surface area contributed by atoms with Gasteiger partial charge < -0.3 is 15.2 Å². The number of amides is 4. The van der Waals surface area contributed by atoms with Gasteiger partial charge in [-0.1, -0.05) is 24.9 Å². The molecule has 8 nitrogen and oxygen atoms in total. The molecule has 1 aliphatic heterocycles. The topological polar surface area (TPSA) is 105 Å². The summed E-state index contributed by atoms with van der Waals surface area (Å²) in [6.45, 7) is 3.78. The number of imide groups is 1. The Morgan fingerprint density at radius 1 is 1.50 bits per heavy atom. The van der Waals surface area contributed by atoms with Crippen LogP contribution < -0.4 is 10.6 Å². The summed E-state index contributed by atoms with van der Waals surface area (Å²) in [4.78, 5) is 38.1. The molecule has 2 atom stereocenters. The molecule has 3 rings (SSSR count). The van der Waals surface area contributed by atoms with Crippen LogP contribution in [-0.2, 0) is 9.59 Å². The number of urea groups is 1. The summed E-state index contributed by atoms with van der Waals surface area (Å²) in [5.41, 5.74) is -0.783. The molecule has 2 heterocycles. The summed E-state index contributed by atoms with van der Waals surface area (Å²) in [5, 5.41) is 9.13. The van der Waals surface area contributed by atoms with Crippen LogP contribution in [0.25, 0.3) is 0 Å². The molecule has 130 valence electrons. The van der Waals surface area contributed by atoms with Crippen molar-refractivity contribution in [3.05, 3.63) is 11.8 Å². The van der Waals surface area contributed by atoms with Gasteiger partial charge in [0.05, 0.1) is 0 Å². The van der Waals surface area contributed by atoms with E-state index >= 15 is 0 Å². The number of aryl methyl sites for hydroxylation is 1. The Labute approximate surface area is 139 Å². The molecule has 2 fully saturated rings. The number of aromatic nitrogens is 1. The Bertz CT molecular complexity index is 671. The van der Waals surface area contributed by atoms with E-state index in [2.05, 4.69) is 15.8 Å². The summed E-state index contributed by atoms with van der Waals surface area (Å²) < 4.78 is 4.87. The number of carbonyl (C=O) groups is 3. The molecule has 2 aliphatic rings. The first kappa shape index (κ1) is 16.5. The summed E-state index contributed by atoms with van der Waals surface area (Å²) >= 11 is 0. The van der Waals surface area contributed by atoms with Crippen LogP contribution in [0.5, 0.6) is 0 Å². The highest BCUT2D eigenvalue weighted by Crippen LogP contribution is 2.38. The van der Waals surface area contributed by atoms with Crippen LogP contribution in [-0.4, -0.2) is 40.0 Å². The fourth-order valence-electron chi connectivity index (χ4n) is 3.54. The van der Waals surface area contributed by atoms with Gasteiger partial charge in [0.1, 0.15) is 11.3 Å². The van der Waals surface area contributed by atoms with Crippen molar-refractivity contribution in [2.45, 2.75) is 51.5 Å². The third-order valence-corrected chi connectivity index (χ3v) is 4.96. The summed E-state index contributed by atoms with van der Waals surface area (Å²) in [6, 6.07) is 1.20. The zero-order valence-electron chi connectivity index (χ0n) is 13.9. The molecular formula is C16H22N4O4. The van der Waals surface area contributed by atoms with Gasteiger partial charge in [-0.05, 0) is 25.7 Å². The molecule has 2 N–H and O–H groups in total. The number of nitrogens with one attached hydrogen (secondary N) is 2. The smallest absolute Gasteiger partial charge is 0.325 e. The molecule has 8 heteroatoms. The second kappa shape index (κ2) is 6.26. The summed E-state index contributed by atoms with van der Waals surface area (Å²) in [6.07, 6.45) is 3.61. The number of hydrogen-bond acceptors (Lipinski definition) is 5. The normalized spacial score (nSPS) is 26.8. The number of hydrogen-bond donors (Lipinski definition) is 2. The van der Waals surface area contributed by atoms with Gasteiger partial charge >= 0.3 is 6.03 Å². The van der Waals surface area contributed by atoms with Crippen LogP contribution in [0.15, 0.2) is 10.6 Å². The van der Waals surface area contributed by atoms with E-state index in [1.165, 1.54) is 0 Å². The van der Waals surface area contributed by atoms with Gasteiger partial charge in [0.2, 0.25) is 5.91 Å². The Kier molecular flexibility index (Phi) is 4.29. The number of nitrogens with zero attached hydrogens (tertiary/aromatic N) is 2. The van der Waals surface area contributed by atoms with E-state index in [9.17, 15) is 14.4 Å². The van der Waals surface area contributed by atoms with Gasteiger partial charge in [-0.15, -0.1) is 0 Å². The van der Waals surface area contributed by atoms with Crippen molar-refractivity contribution in [1.82, 2.24) is 15.4 Å². The van der Waals surface area contributed by atoms with Gasteiger partial charge in [0.15, 0.2) is 5.82 Å². The molecule has 1 spiro atoms. The molecule has 0 aromatic carbocycles. The highest BCUT2D eigenvalue weighted by Gasteiger charge is 2.54. The minimum Gasteiger partial charge on any atom is -0.360 e. The highest BCUT2D eigenvalue weighted by molar-refractivity contribution is 6.07. The molecule has 0 bridgehead atoms. The standard InChI is InChI=1S/C16H22N4O4/c1-10-5-3-4-7-16(10)14(22)20(15(23)18-16)8-6-13(21)17-12-9-11(2)24-19-12/h9-10H,3-8H2,1-2H3,(H,18,23)(H,17,19,21)/t10-,16-/m1/s1. The fraction of sp³-hybridized carbons (Fsp3) is 0.625. The molecule has 1 aliphatic carbocycles. The Hall–Kier alpha value is -2.38. The molecule has 1 aromatic rings. The predicted octanol–water partition coefficient (Wildman–Crippen LogP) is 1.81. The van der Waals surface area contributed by atoms with Crippen molar-refractivity contribution in [3.63, 3.8) is 0 Å². The molecule has 1 saturated heterocycles. The minimum absolute atomic E-state index is 0.0233. The molecular weight excluding hydrogens is 312 g/mol. The maximum Gasteiger partial charge on any atom is 0.325 e. The van der Waals surface area contributed by atoms with E-state index in [0.29, 0.717) is 18.0 Å². The van der Waals surface area contributed by atoms with Crippen molar-refractivity contribution in [2.75, 3.05) is 11.9 Å². The van der Waals surface area contributed by atoms with Crippen molar-refractivity contribution in [3.8, 4) is 0 Å². The van der Waals surface area contributed by atoms with E-state index in [-0.39, 0.29) is 30.7 Å². The van der Waals surface area contributed by atoms with Crippen LogP contribution in [0.1, 0.15) is 44.8 Å². The van der Waals surface area contributed by atoms with E-state index < -0.39 is 11.6 Å². The lowest BCUT2D eigenvalue weighted by Crippen LogP contribution is -2.54. The second-order valence-corrected chi connectivity index (χ2v) is 6.63. The largest absolute Gasteiger partial charge is 0.360 e. The molecule has 4 amide bonds. The molecule has 0 unspecified atom stereocenters. The Morgan fingerprint density at radius 2 is 2.29 bits per heavy atom. The van der Waals surface area contributed by atoms with Crippen LogP contribution in [0, 0.1) is 12.8 Å². The molecule has 24 heavy (non-hydrogen) atoms. The maximum absolute atomic E-state index is 12.8. The third-order valence-electron chi connectivity index (χ3n) is 4.96. The lowest BCUT2D eigenvalue weighted by Gasteiger charge is -2.36. The fourth-order valence-corrected chi connectivity index (χ4v) is 3.54.